The molecule has 0 saturated heterocycles. The maximum Gasteiger partial charge on any atom is 0.317 e. The monoisotopic (exact) mass is 324 g/mol. The van der Waals surface area contributed by atoms with Gasteiger partial charge < -0.3 is 8.37 Å². The Hall–Kier alpha value is -0.360. The van der Waals surface area contributed by atoms with E-state index in [-0.39, 0.29) is 11.9 Å². The van der Waals surface area contributed by atoms with Gasteiger partial charge >= 0.3 is 11.9 Å². The molecule has 120 valence electrons. The SMILES string of the molecule is CCCCSOC(=O)CC.CCCCSOC(=O)CC. The molecule has 0 aliphatic carbocycles. The highest BCUT2D eigenvalue weighted by molar-refractivity contribution is 7.95. The van der Waals surface area contributed by atoms with Crippen LogP contribution in [0.1, 0.15) is 66.2 Å². The molecule has 0 aliphatic heterocycles. The largest absolute Gasteiger partial charge is 0.391 e. The second-order valence-corrected chi connectivity index (χ2v) is 5.59. The first-order valence-electron chi connectivity index (χ1n) is 7.26. The molecule has 0 heterocycles. The van der Waals surface area contributed by atoms with E-state index in [0.717, 1.165) is 37.2 Å². The molecule has 4 nitrogen and oxygen atoms in total. The summed E-state index contributed by atoms with van der Waals surface area (Å²) in [5.74, 6) is 1.59. The molecule has 0 aromatic carbocycles. The van der Waals surface area contributed by atoms with Crippen molar-refractivity contribution in [3.8, 4) is 0 Å². The Balaban J connectivity index is 0. The summed E-state index contributed by atoms with van der Waals surface area (Å²) in [6.07, 6.45) is 5.47. The molecule has 0 amide bonds. The van der Waals surface area contributed by atoms with Crippen LogP contribution in [0.4, 0.5) is 0 Å². The maximum absolute atomic E-state index is 10.5. The molecule has 0 aliphatic rings. The first kappa shape index (κ1) is 21.9. The zero-order valence-corrected chi connectivity index (χ0v) is 14.7. The number of hydrogen-bond donors (Lipinski definition) is 0. The van der Waals surface area contributed by atoms with Gasteiger partial charge in [0.15, 0.2) is 0 Å². The number of hydrogen-bond acceptors (Lipinski definition) is 6. The van der Waals surface area contributed by atoms with Crippen LogP contribution < -0.4 is 0 Å². The van der Waals surface area contributed by atoms with Crippen LogP contribution >= 0.6 is 24.1 Å². The van der Waals surface area contributed by atoms with Crippen molar-refractivity contribution in [2.24, 2.45) is 0 Å². The van der Waals surface area contributed by atoms with Gasteiger partial charge in [0.1, 0.15) is 0 Å². The van der Waals surface area contributed by atoms with Gasteiger partial charge in [-0.3, -0.25) is 9.59 Å². The Morgan fingerprint density at radius 1 is 0.750 bits per heavy atom. The summed E-state index contributed by atoms with van der Waals surface area (Å²) in [5, 5.41) is 0. The minimum atomic E-state index is -0.124. The Labute approximate surface area is 132 Å². The van der Waals surface area contributed by atoms with Crippen LogP contribution in [0.3, 0.4) is 0 Å². The van der Waals surface area contributed by atoms with Crippen LogP contribution in [0.2, 0.25) is 0 Å². The van der Waals surface area contributed by atoms with E-state index >= 15 is 0 Å². The minimum absolute atomic E-state index is 0.124. The highest BCUT2D eigenvalue weighted by atomic mass is 32.2. The normalized spacial score (nSPS) is 9.40. The lowest BCUT2D eigenvalue weighted by Gasteiger charge is -1.98. The number of carbonyl (C=O) groups excluding carboxylic acids is 2. The molecule has 0 unspecified atom stereocenters. The first-order chi connectivity index (χ1) is 9.62. The van der Waals surface area contributed by atoms with Gasteiger partial charge in [-0.1, -0.05) is 40.5 Å². The topological polar surface area (TPSA) is 52.6 Å². The Morgan fingerprint density at radius 2 is 1.10 bits per heavy atom. The molecule has 0 aromatic heterocycles. The fourth-order valence-electron chi connectivity index (χ4n) is 0.739. The Morgan fingerprint density at radius 3 is 1.35 bits per heavy atom. The van der Waals surface area contributed by atoms with Crippen molar-refractivity contribution in [3.63, 3.8) is 0 Å². The third-order valence-electron chi connectivity index (χ3n) is 2.04. The third-order valence-corrected chi connectivity index (χ3v) is 3.56. The molecule has 0 fully saturated rings. The lowest BCUT2D eigenvalue weighted by molar-refractivity contribution is -0.133. The molecule has 0 rings (SSSR count). The van der Waals surface area contributed by atoms with Crippen LogP contribution in [0, 0.1) is 0 Å². The lowest BCUT2D eigenvalue weighted by atomic mass is 10.4. The molecule has 0 radical (unpaired) electrons. The van der Waals surface area contributed by atoms with Gasteiger partial charge in [0.05, 0.1) is 24.1 Å². The van der Waals surface area contributed by atoms with Gasteiger partial charge in [-0.25, -0.2) is 0 Å². The van der Waals surface area contributed by atoms with Crippen LogP contribution in [-0.2, 0) is 18.0 Å². The van der Waals surface area contributed by atoms with Crippen molar-refractivity contribution in [2.45, 2.75) is 66.2 Å². The lowest BCUT2D eigenvalue weighted by Crippen LogP contribution is -1.95. The summed E-state index contributed by atoms with van der Waals surface area (Å²) in [6, 6.07) is 0. The molecule has 0 bridgehead atoms. The highest BCUT2D eigenvalue weighted by Gasteiger charge is 1.97. The molecular formula is C14H28O4S2. The smallest absolute Gasteiger partial charge is 0.317 e. The average molecular weight is 325 g/mol. The summed E-state index contributed by atoms with van der Waals surface area (Å²) >= 11 is 2.52. The van der Waals surface area contributed by atoms with E-state index < -0.39 is 0 Å². The second kappa shape index (κ2) is 18.6. The van der Waals surface area contributed by atoms with Crippen molar-refractivity contribution >= 4 is 36.0 Å². The summed E-state index contributed by atoms with van der Waals surface area (Å²) < 4.78 is 9.54. The maximum atomic E-state index is 10.5. The van der Waals surface area contributed by atoms with E-state index in [9.17, 15) is 9.59 Å². The molecule has 6 heteroatoms. The van der Waals surface area contributed by atoms with Crippen LogP contribution in [-0.4, -0.2) is 23.4 Å². The van der Waals surface area contributed by atoms with Crippen molar-refractivity contribution in [1.82, 2.24) is 0 Å². The summed E-state index contributed by atoms with van der Waals surface area (Å²) in [5.41, 5.74) is 0. The number of unbranched alkanes of at least 4 members (excludes halogenated alkanes) is 2. The highest BCUT2D eigenvalue weighted by Crippen LogP contribution is 2.07. The van der Waals surface area contributed by atoms with E-state index in [1.54, 1.807) is 13.8 Å². The summed E-state index contributed by atoms with van der Waals surface area (Å²) in [4.78, 5) is 21.1. The van der Waals surface area contributed by atoms with E-state index in [4.69, 9.17) is 8.37 Å². The molecular weight excluding hydrogens is 296 g/mol. The number of rotatable bonds is 10. The van der Waals surface area contributed by atoms with Crippen molar-refractivity contribution in [1.29, 1.82) is 0 Å². The molecule has 0 atom stereocenters. The van der Waals surface area contributed by atoms with Gasteiger partial charge in [-0.2, -0.15) is 0 Å². The van der Waals surface area contributed by atoms with Gasteiger partial charge in [0, 0.05) is 24.3 Å². The molecule has 0 N–H and O–H groups in total. The molecule has 20 heavy (non-hydrogen) atoms. The van der Waals surface area contributed by atoms with E-state index in [1.165, 1.54) is 24.1 Å². The van der Waals surface area contributed by atoms with E-state index in [1.807, 2.05) is 0 Å². The zero-order chi connectivity index (χ0) is 15.6. The van der Waals surface area contributed by atoms with Gasteiger partial charge in [0.2, 0.25) is 0 Å². The van der Waals surface area contributed by atoms with Crippen molar-refractivity contribution in [3.05, 3.63) is 0 Å². The van der Waals surface area contributed by atoms with Gasteiger partial charge in [-0.05, 0) is 12.8 Å². The predicted octanol–water partition coefficient (Wildman–Crippen LogP) is 4.78. The standard InChI is InChI=1S/2C7H14O2S/c2*1-3-5-6-10-9-7(8)4-2/h2*3-6H2,1-2H3. The van der Waals surface area contributed by atoms with E-state index in [2.05, 4.69) is 13.8 Å². The molecule has 0 spiro atoms. The average Bonchev–Trinajstić information content (AvgIpc) is 2.48. The quantitative estimate of drug-likeness (QED) is 0.426. The summed E-state index contributed by atoms with van der Waals surface area (Å²) in [6.45, 7) is 7.82. The summed E-state index contributed by atoms with van der Waals surface area (Å²) in [7, 11) is 0. The van der Waals surface area contributed by atoms with Gasteiger partial charge in [-0.15, -0.1) is 0 Å². The van der Waals surface area contributed by atoms with E-state index in [0.29, 0.717) is 12.8 Å². The molecule has 0 saturated carbocycles. The second-order valence-electron chi connectivity index (χ2n) is 3.97. The third kappa shape index (κ3) is 20.0. The fraction of sp³-hybridized carbons (Fsp3) is 0.857. The van der Waals surface area contributed by atoms with Crippen molar-refractivity contribution < 1.29 is 18.0 Å². The zero-order valence-electron chi connectivity index (χ0n) is 13.1. The van der Waals surface area contributed by atoms with Gasteiger partial charge in [0.25, 0.3) is 0 Å². The Bertz CT molecular complexity index is 211. The first-order valence-corrected chi connectivity index (χ1v) is 9.08. The Kier molecular flexibility index (Phi) is 20.4. The van der Waals surface area contributed by atoms with Crippen LogP contribution in [0.15, 0.2) is 0 Å². The predicted molar refractivity (Wildman–Crippen MR) is 87.5 cm³/mol. The van der Waals surface area contributed by atoms with Crippen LogP contribution in [0.25, 0.3) is 0 Å². The van der Waals surface area contributed by atoms with Crippen molar-refractivity contribution in [2.75, 3.05) is 11.5 Å². The molecule has 0 aromatic rings. The van der Waals surface area contributed by atoms with Crippen LogP contribution in [0.5, 0.6) is 0 Å². The minimum Gasteiger partial charge on any atom is -0.391 e. The fourth-order valence-corrected chi connectivity index (χ4v) is 2.22. The number of carbonyl (C=O) groups is 2.